The molecule has 0 aliphatic carbocycles. The van der Waals surface area contributed by atoms with Gasteiger partial charge in [0.2, 0.25) is 5.91 Å². The Balaban J connectivity index is 1.92. The van der Waals surface area contributed by atoms with Crippen LogP contribution in [0.2, 0.25) is 10.0 Å². The van der Waals surface area contributed by atoms with Crippen molar-refractivity contribution in [3.05, 3.63) is 67.5 Å². The van der Waals surface area contributed by atoms with Crippen molar-refractivity contribution >= 4 is 51.3 Å². The molecule has 3 rings (SSSR count). The molecule has 134 valence electrons. The number of carbonyl (C=O) groups excluding carboxylic acids is 1. The van der Waals surface area contributed by atoms with Gasteiger partial charge < -0.3 is 0 Å². The molecular formula is C17H14Cl2N4O2S. The molecule has 0 aliphatic rings. The summed E-state index contributed by atoms with van der Waals surface area (Å²) in [6.45, 7) is 3.57. The molecule has 26 heavy (non-hydrogen) atoms. The van der Waals surface area contributed by atoms with Crippen molar-refractivity contribution in [3.63, 3.8) is 0 Å². The summed E-state index contributed by atoms with van der Waals surface area (Å²) < 4.78 is 1.18. The van der Waals surface area contributed by atoms with Crippen molar-refractivity contribution < 1.29 is 4.79 Å². The van der Waals surface area contributed by atoms with Crippen molar-refractivity contribution in [1.29, 1.82) is 0 Å². The molecule has 0 aliphatic heterocycles. The van der Waals surface area contributed by atoms with E-state index in [1.165, 1.54) is 34.0 Å². The summed E-state index contributed by atoms with van der Waals surface area (Å²) in [5, 5.41) is 6.28. The first-order valence-corrected chi connectivity index (χ1v) is 9.23. The van der Waals surface area contributed by atoms with Crippen LogP contribution in [0.25, 0.3) is 0 Å². The van der Waals surface area contributed by atoms with Crippen LogP contribution in [-0.2, 0) is 11.3 Å². The lowest BCUT2D eigenvalue weighted by Crippen LogP contribution is -2.24. The van der Waals surface area contributed by atoms with Crippen molar-refractivity contribution in [3.8, 4) is 0 Å². The molecule has 0 spiro atoms. The Hall–Kier alpha value is -2.22. The summed E-state index contributed by atoms with van der Waals surface area (Å²) in [6.07, 6.45) is 1.31. The summed E-state index contributed by atoms with van der Waals surface area (Å²) in [5.41, 5.74) is 1.88. The highest BCUT2D eigenvalue weighted by atomic mass is 35.5. The molecule has 2 heterocycles. The quantitative estimate of drug-likeness (QED) is 0.652. The van der Waals surface area contributed by atoms with E-state index in [1.54, 1.807) is 5.38 Å². The van der Waals surface area contributed by atoms with Gasteiger partial charge in [0.05, 0.1) is 29.1 Å². The summed E-state index contributed by atoms with van der Waals surface area (Å²) >= 11 is 13.0. The van der Waals surface area contributed by atoms with Crippen LogP contribution in [0.15, 0.2) is 40.6 Å². The van der Waals surface area contributed by atoms with E-state index >= 15 is 0 Å². The van der Waals surface area contributed by atoms with Gasteiger partial charge in [0, 0.05) is 12.3 Å². The zero-order chi connectivity index (χ0) is 18.8. The molecule has 0 saturated carbocycles. The van der Waals surface area contributed by atoms with Crippen LogP contribution in [0.4, 0.5) is 10.8 Å². The van der Waals surface area contributed by atoms with Crippen LogP contribution in [0.5, 0.6) is 0 Å². The molecule has 6 nitrogen and oxygen atoms in total. The van der Waals surface area contributed by atoms with E-state index in [9.17, 15) is 9.59 Å². The Morgan fingerprint density at radius 3 is 2.81 bits per heavy atom. The molecule has 0 radical (unpaired) electrons. The Morgan fingerprint density at radius 2 is 2.12 bits per heavy atom. The molecule has 0 N–H and O–H groups in total. The molecular weight excluding hydrogens is 395 g/mol. The Kier molecular flexibility index (Phi) is 5.41. The van der Waals surface area contributed by atoms with E-state index in [0.29, 0.717) is 10.8 Å². The zero-order valence-corrected chi connectivity index (χ0v) is 16.3. The Morgan fingerprint density at radius 1 is 1.35 bits per heavy atom. The Bertz CT molecular complexity index is 1030. The zero-order valence-electron chi connectivity index (χ0n) is 13.9. The van der Waals surface area contributed by atoms with Gasteiger partial charge in [-0.1, -0.05) is 35.3 Å². The smallest absolute Gasteiger partial charge is 0.274 e. The fraction of sp³-hybridized carbons (Fsp3) is 0.176. The number of halogens is 2. The molecule has 0 atom stereocenters. The predicted molar refractivity (Wildman–Crippen MR) is 104 cm³/mol. The largest absolute Gasteiger partial charge is 0.287 e. The average Bonchev–Trinajstić information content (AvgIpc) is 3.03. The van der Waals surface area contributed by atoms with Crippen LogP contribution >= 0.6 is 34.5 Å². The predicted octanol–water partition coefficient (Wildman–Crippen LogP) is 4.05. The topological polar surface area (TPSA) is 68.1 Å². The van der Waals surface area contributed by atoms with Gasteiger partial charge in [-0.05, 0) is 24.6 Å². The molecule has 3 aromatic rings. The number of benzene rings is 1. The molecule has 1 amide bonds. The van der Waals surface area contributed by atoms with E-state index in [-0.39, 0.29) is 22.5 Å². The van der Waals surface area contributed by atoms with Gasteiger partial charge in [-0.25, -0.2) is 9.67 Å². The van der Waals surface area contributed by atoms with Crippen LogP contribution in [0.1, 0.15) is 18.2 Å². The molecule has 0 fully saturated rings. The maximum Gasteiger partial charge on any atom is 0.287 e. The van der Waals surface area contributed by atoms with Crippen LogP contribution in [0.3, 0.4) is 0 Å². The molecule has 9 heteroatoms. The minimum absolute atomic E-state index is 0.0813. The van der Waals surface area contributed by atoms with Crippen molar-refractivity contribution in [2.75, 3.05) is 4.90 Å². The highest BCUT2D eigenvalue weighted by Gasteiger charge is 2.18. The normalized spacial score (nSPS) is 10.8. The van der Waals surface area contributed by atoms with E-state index < -0.39 is 5.56 Å². The van der Waals surface area contributed by atoms with Gasteiger partial charge in [0.15, 0.2) is 5.13 Å². The Labute approximate surface area is 163 Å². The molecule has 0 unspecified atom stereocenters. The highest BCUT2D eigenvalue weighted by molar-refractivity contribution is 7.14. The number of rotatable bonds is 4. The lowest BCUT2D eigenvalue weighted by molar-refractivity contribution is -0.115. The fourth-order valence-corrected chi connectivity index (χ4v) is 3.53. The second kappa shape index (κ2) is 7.57. The van der Waals surface area contributed by atoms with E-state index in [1.807, 2.05) is 31.2 Å². The number of carbonyl (C=O) groups is 1. The van der Waals surface area contributed by atoms with Gasteiger partial charge in [-0.2, -0.15) is 5.10 Å². The summed E-state index contributed by atoms with van der Waals surface area (Å²) in [7, 11) is 0. The SMILES string of the molecule is CC(=O)N(c1cccc(C)c1)c1nc(Cn2ncc(Cl)c(Cl)c2=O)cs1. The first-order chi connectivity index (χ1) is 12.4. The highest BCUT2D eigenvalue weighted by Crippen LogP contribution is 2.29. The molecule has 0 bridgehead atoms. The van der Waals surface area contributed by atoms with E-state index in [4.69, 9.17) is 23.2 Å². The number of aromatic nitrogens is 3. The molecule has 1 aromatic carbocycles. The van der Waals surface area contributed by atoms with Gasteiger partial charge >= 0.3 is 0 Å². The number of hydrogen-bond acceptors (Lipinski definition) is 5. The number of thiazole rings is 1. The van der Waals surface area contributed by atoms with Gasteiger partial charge in [-0.15, -0.1) is 11.3 Å². The number of nitrogens with zero attached hydrogens (tertiary/aromatic N) is 4. The third-order valence-corrected chi connectivity index (χ3v) is 5.18. The maximum absolute atomic E-state index is 12.2. The van der Waals surface area contributed by atoms with Crippen molar-refractivity contribution in [2.24, 2.45) is 0 Å². The van der Waals surface area contributed by atoms with Gasteiger partial charge in [-0.3, -0.25) is 14.5 Å². The standard InChI is InChI=1S/C17H14Cl2N4O2S/c1-10-4-3-5-13(6-10)23(11(2)24)17-21-12(9-26-17)8-22-16(25)15(19)14(18)7-20-22/h3-7,9H,8H2,1-2H3. The first-order valence-electron chi connectivity index (χ1n) is 7.59. The summed E-state index contributed by atoms with van der Waals surface area (Å²) in [4.78, 5) is 30.3. The second-order valence-corrected chi connectivity index (χ2v) is 7.21. The number of anilines is 2. The second-order valence-electron chi connectivity index (χ2n) is 5.58. The van der Waals surface area contributed by atoms with Crippen LogP contribution < -0.4 is 10.5 Å². The van der Waals surface area contributed by atoms with Crippen LogP contribution in [-0.4, -0.2) is 20.7 Å². The summed E-state index contributed by atoms with van der Waals surface area (Å²) in [6, 6.07) is 7.60. The number of hydrogen-bond donors (Lipinski definition) is 0. The van der Waals surface area contributed by atoms with Crippen LogP contribution in [0, 0.1) is 6.92 Å². The van der Waals surface area contributed by atoms with Crippen molar-refractivity contribution in [1.82, 2.24) is 14.8 Å². The lowest BCUT2D eigenvalue weighted by atomic mass is 10.2. The molecule has 2 aromatic heterocycles. The maximum atomic E-state index is 12.2. The van der Waals surface area contributed by atoms with Gasteiger partial charge in [0.1, 0.15) is 5.02 Å². The minimum atomic E-state index is -0.490. The average molecular weight is 409 g/mol. The van der Waals surface area contributed by atoms with Gasteiger partial charge in [0.25, 0.3) is 5.56 Å². The van der Waals surface area contributed by atoms with E-state index in [0.717, 1.165) is 11.3 Å². The third kappa shape index (κ3) is 3.80. The van der Waals surface area contributed by atoms with E-state index in [2.05, 4.69) is 10.1 Å². The fourth-order valence-electron chi connectivity index (χ4n) is 2.38. The van der Waals surface area contributed by atoms with Crippen molar-refractivity contribution in [2.45, 2.75) is 20.4 Å². The lowest BCUT2D eigenvalue weighted by Gasteiger charge is -2.18. The number of amides is 1. The number of aryl methyl sites for hydroxylation is 1. The first kappa shape index (κ1) is 18.6. The molecule has 0 saturated heterocycles. The minimum Gasteiger partial charge on any atom is -0.274 e. The monoisotopic (exact) mass is 408 g/mol. The third-order valence-electron chi connectivity index (χ3n) is 3.56. The summed E-state index contributed by atoms with van der Waals surface area (Å²) in [5.74, 6) is -0.152.